The van der Waals surface area contributed by atoms with E-state index in [9.17, 15) is 4.79 Å². The third-order valence-corrected chi connectivity index (χ3v) is 4.34. The van der Waals surface area contributed by atoms with E-state index >= 15 is 0 Å². The number of aromatic nitrogens is 1. The third kappa shape index (κ3) is 4.53. The molecule has 1 amide bonds. The number of hydrogen-bond donors (Lipinski definition) is 2. The second-order valence-electron chi connectivity index (χ2n) is 6.06. The summed E-state index contributed by atoms with van der Waals surface area (Å²) in [6.45, 7) is 1.94. The molecule has 3 aromatic rings. The van der Waals surface area contributed by atoms with Gasteiger partial charge in [0.2, 0.25) is 0 Å². The molecule has 7 heteroatoms. The van der Waals surface area contributed by atoms with Crippen molar-refractivity contribution in [2.75, 3.05) is 24.9 Å². The minimum atomic E-state index is -0.317. The lowest BCUT2D eigenvalue weighted by molar-refractivity contribution is 0.102. The first kappa shape index (κ1) is 19.5. The highest BCUT2D eigenvalue weighted by atomic mass is 35.5. The maximum absolute atomic E-state index is 12.5. The molecule has 0 fully saturated rings. The zero-order valence-electron chi connectivity index (χ0n) is 15.7. The molecule has 28 heavy (non-hydrogen) atoms. The summed E-state index contributed by atoms with van der Waals surface area (Å²) in [5.41, 5.74) is 3.42. The Kier molecular flexibility index (Phi) is 6.01. The van der Waals surface area contributed by atoms with Crippen LogP contribution >= 0.6 is 11.6 Å². The van der Waals surface area contributed by atoms with Gasteiger partial charge >= 0.3 is 0 Å². The summed E-state index contributed by atoms with van der Waals surface area (Å²) in [6, 6.07) is 14.4. The number of nitrogens with one attached hydrogen (secondary N) is 2. The molecule has 0 saturated heterocycles. The van der Waals surface area contributed by atoms with Crippen LogP contribution in [-0.2, 0) is 0 Å². The van der Waals surface area contributed by atoms with Gasteiger partial charge in [-0.2, -0.15) is 0 Å². The highest BCUT2D eigenvalue weighted by Gasteiger charge is 2.11. The number of anilines is 3. The predicted octanol–water partition coefficient (Wildman–Crippen LogP) is 5.06. The Labute approximate surface area is 168 Å². The molecule has 0 atom stereocenters. The van der Waals surface area contributed by atoms with Crippen LogP contribution in [0.3, 0.4) is 0 Å². The standard InChI is InChI=1S/C21H20ClN3O3/c1-13-4-8-20(28-3)18(10-13)25-21(26)17-7-5-15(12-23-17)24-14-6-9-19(27-2)16(22)11-14/h4-12,24H,1-3H3,(H,25,26). The Bertz CT molecular complexity index is 991. The van der Waals surface area contributed by atoms with Crippen LogP contribution in [0.2, 0.25) is 5.02 Å². The van der Waals surface area contributed by atoms with E-state index in [-0.39, 0.29) is 5.91 Å². The Morgan fingerprint density at radius 1 is 0.964 bits per heavy atom. The molecule has 144 valence electrons. The van der Waals surface area contributed by atoms with Gasteiger partial charge in [-0.1, -0.05) is 17.7 Å². The fraction of sp³-hybridized carbons (Fsp3) is 0.143. The Morgan fingerprint density at radius 3 is 2.32 bits per heavy atom. The van der Waals surface area contributed by atoms with E-state index in [1.165, 1.54) is 0 Å². The molecule has 6 nitrogen and oxygen atoms in total. The molecule has 1 heterocycles. The summed E-state index contributed by atoms with van der Waals surface area (Å²) in [5, 5.41) is 6.52. The van der Waals surface area contributed by atoms with Crippen molar-refractivity contribution in [1.82, 2.24) is 4.98 Å². The van der Waals surface area contributed by atoms with Crippen LogP contribution in [0.4, 0.5) is 17.1 Å². The molecule has 0 bridgehead atoms. The highest BCUT2D eigenvalue weighted by Crippen LogP contribution is 2.29. The molecule has 1 aromatic heterocycles. The minimum Gasteiger partial charge on any atom is -0.495 e. The largest absolute Gasteiger partial charge is 0.495 e. The van der Waals surface area contributed by atoms with Crippen LogP contribution in [-0.4, -0.2) is 25.1 Å². The topological polar surface area (TPSA) is 72.5 Å². The lowest BCUT2D eigenvalue weighted by Gasteiger charge is -2.11. The summed E-state index contributed by atoms with van der Waals surface area (Å²) in [4.78, 5) is 16.7. The average Bonchev–Trinajstić information content (AvgIpc) is 2.69. The number of hydrogen-bond acceptors (Lipinski definition) is 5. The van der Waals surface area contributed by atoms with Gasteiger partial charge in [-0.15, -0.1) is 0 Å². The van der Waals surface area contributed by atoms with Crippen LogP contribution in [0.5, 0.6) is 11.5 Å². The molecule has 0 unspecified atom stereocenters. The number of carbonyl (C=O) groups is 1. The van der Waals surface area contributed by atoms with Crippen molar-refractivity contribution in [3.05, 3.63) is 71.0 Å². The summed E-state index contributed by atoms with van der Waals surface area (Å²) >= 11 is 6.13. The van der Waals surface area contributed by atoms with Crippen LogP contribution in [0, 0.1) is 6.92 Å². The van der Waals surface area contributed by atoms with Crippen molar-refractivity contribution in [1.29, 1.82) is 0 Å². The molecule has 2 aromatic carbocycles. The smallest absolute Gasteiger partial charge is 0.274 e. The van der Waals surface area contributed by atoms with Crippen LogP contribution in [0.1, 0.15) is 16.1 Å². The fourth-order valence-corrected chi connectivity index (χ4v) is 2.88. The third-order valence-electron chi connectivity index (χ3n) is 4.04. The van der Waals surface area contributed by atoms with Gasteiger partial charge in [-0.25, -0.2) is 4.98 Å². The van der Waals surface area contributed by atoms with E-state index in [1.807, 2.05) is 31.2 Å². The first-order valence-corrected chi connectivity index (χ1v) is 8.90. The molecule has 0 aliphatic rings. The van der Waals surface area contributed by atoms with Crippen molar-refractivity contribution in [3.63, 3.8) is 0 Å². The summed E-state index contributed by atoms with van der Waals surface area (Å²) in [5.74, 6) is 0.875. The lowest BCUT2D eigenvalue weighted by Crippen LogP contribution is -2.14. The minimum absolute atomic E-state index is 0.293. The monoisotopic (exact) mass is 397 g/mol. The summed E-state index contributed by atoms with van der Waals surface area (Å²) in [6.07, 6.45) is 1.58. The first-order valence-electron chi connectivity index (χ1n) is 8.53. The Balaban J connectivity index is 1.71. The van der Waals surface area contributed by atoms with Crippen molar-refractivity contribution in [2.24, 2.45) is 0 Å². The van der Waals surface area contributed by atoms with Gasteiger partial charge in [0.15, 0.2) is 0 Å². The zero-order chi connectivity index (χ0) is 20.1. The normalized spacial score (nSPS) is 10.3. The van der Waals surface area contributed by atoms with Gasteiger partial charge in [-0.3, -0.25) is 4.79 Å². The SMILES string of the molecule is COc1ccc(Nc2ccc(C(=O)Nc3cc(C)ccc3OC)nc2)cc1Cl. The van der Waals surface area contributed by atoms with Crippen LogP contribution in [0.25, 0.3) is 0 Å². The van der Waals surface area contributed by atoms with Gasteiger partial charge in [0.05, 0.1) is 36.8 Å². The second kappa shape index (κ2) is 8.63. The number of rotatable bonds is 6. The van der Waals surface area contributed by atoms with Gasteiger partial charge in [0.1, 0.15) is 17.2 Å². The molecule has 0 radical (unpaired) electrons. The van der Waals surface area contributed by atoms with E-state index in [1.54, 1.807) is 44.7 Å². The molecular weight excluding hydrogens is 378 g/mol. The Morgan fingerprint density at radius 2 is 1.68 bits per heavy atom. The molecule has 2 N–H and O–H groups in total. The van der Waals surface area contributed by atoms with Crippen LogP contribution in [0.15, 0.2) is 54.7 Å². The maximum Gasteiger partial charge on any atom is 0.274 e. The van der Waals surface area contributed by atoms with E-state index < -0.39 is 0 Å². The van der Waals surface area contributed by atoms with Gasteiger partial charge in [-0.05, 0) is 55.0 Å². The molecule has 0 spiro atoms. The summed E-state index contributed by atoms with van der Waals surface area (Å²) < 4.78 is 10.4. The number of halogens is 1. The number of amides is 1. The average molecular weight is 398 g/mol. The zero-order valence-corrected chi connectivity index (χ0v) is 16.5. The van der Waals surface area contributed by atoms with Gasteiger partial charge in [0, 0.05) is 5.69 Å². The predicted molar refractivity (Wildman–Crippen MR) is 111 cm³/mol. The first-order chi connectivity index (χ1) is 13.5. The number of carbonyl (C=O) groups excluding carboxylic acids is 1. The molecule has 0 aliphatic heterocycles. The van der Waals surface area contributed by atoms with Crippen molar-refractivity contribution >= 4 is 34.6 Å². The second-order valence-corrected chi connectivity index (χ2v) is 6.47. The van der Waals surface area contributed by atoms with E-state index in [0.29, 0.717) is 27.9 Å². The van der Waals surface area contributed by atoms with E-state index in [2.05, 4.69) is 15.6 Å². The van der Waals surface area contributed by atoms with Crippen LogP contribution < -0.4 is 20.1 Å². The number of nitrogens with zero attached hydrogens (tertiary/aromatic N) is 1. The number of ether oxygens (including phenoxy) is 2. The fourth-order valence-electron chi connectivity index (χ4n) is 2.62. The lowest BCUT2D eigenvalue weighted by atomic mass is 10.2. The number of benzene rings is 2. The number of aryl methyl sites for hydroxylation is 1. The maximum atomic E-state index is 12.5. The molecular formula is C21H20ClN3O3. The number of pyridine rings is 1. The van der Waals surface area contributed by atoms with E-state index in [4.69, 9.17) is 21.1 Å². The van der Waals surface area contributed by atoms with Crippen molar-refractivity contribution in [3.8, 4) is 11.5 Å². The highest BCUT2D eigenvalue weighted by molar-refractivity contribution is 6.32. The summed E-state index contributed by atoms with van der Waals surface area (Å²) in [7, 11) is 3.12. The van der Waals surface area contributed by atoms with Gasteiger partial charge in [0.25, 0.3) is 5.91 Å². The number of methoxy groups -OCH3 is 2. The quantitative estimate of drug-likeness (QED) is 0.608. The molecule has 3 rings (SSSR count). The molecule has 0 aliphatic carbocycles. The molecule has 0 saturated carbocycles. The van der Waals surface area contributed by atoms with E-state index in [0.717, 1.165) is 16.9 Å². The van der Waals surface area contributed by atoms with Crippen molar-refractivity contribution in [2.45, 2.75) is 6.92 Å². The van der Waals surface area contributed by atoms with Gasteiger partial charge < -0.3 is 20.1 Å². The Hall–Kier alpha value is -3.25. The van der Waals surface area contributed by atoms with Crippen molar-refractivity contribution < 1.29 is 14.3 Å².